The van der Waals surface area contributed by atoms with E-state index in [0.717, 1.165) is 5.69 Å². The van der Waals surface area contributed by atoms with Gasteiger partial charge in [0.15, 0.2) is 0 Å². The molecule has 1 amide bonds. The van der Waals surface area contributed by atoms with E-state index in [0.29, 0.717) is 26.1 Å². The summed E-state index contributed by atoms with van der Waals surface area (Å²) in [5.41, 5.74) is 0.210. The summed E-state index contributed by atoms with van der Waals surface area (Å²) < 4.78 is 34.5. The predicted octanol–water partition coefficient (Wildman–Crippen LogP) is 2.50. The number of ether oxygens (including phenoxy) is 1. The molecule has 28 heavy (non-hydrogen) atoms. The van der Waals surface area contributed by atoms with E-state index in [1.807, 2.05) is 20.8 Å². The van der Waals surface area contributed by atoms with Crippen LogP contribution in [0.5, 0.6) is 0 Å². The number of carbonyl (C=O) groups is 1. The van der Waals surface area contributed by atoms with Crippen molar-refractivity contribution in [3.63, 3.8) is 0 Å². The van der Waals surface area contributed by atoms with Crippen molar-refractivity contribution in [3.05, 3.63) is 42.7 Å². The second kappa shape index (κ2) is 7.92. The Labute approximate surface area is 165 Å². The molecule has 0 spiro atoms. The molecule has 9 heteroatoms. The summed E-state index contributed by atoms with van der Waals surface area (Å²) in [5.74, 6) is 0. The van der Waals surface area contributed by atoms with Gasteiger partial charge in [-0.3, -0.25) is 0 Å². The Morgan fingerprint density at radius 1 is 1.07 bits per heavy atom. The van der Waals surface area contributed by atoms with Crippen molar-refractivity contribution in [3.8, 4) is 5.69 Å². The molecule has 1 aromatic heterocycles. The molecule has 0 N–H and O–H groups in total. The maximum atomic E-state index is 13.0. The molecule has 3 rings (SSSR count). The van der Waals surface area contributed by atoms with Gasteiger partial charge in [-0.1, -0.05) is 0 Å². The third-order valence-corrected chi connectivity index (χ3v) is 6.26. The first-order valence-electron chi connectivity index (χ1n) is 9.25. The van der Waals surface area contributed by atoms with Gasteiger partial charge in [0.05, 0.1) is 10.6 Å². The van der Waals surface area contributed by atoms with E-state index in [2.05, 4.69) is 5.10 Å². The SMILES string of the molecule is CC(C)(C)OC(=O)N1CCCN(S(=O)(=O)c2ccc(-n3cccn3)cc2)CC1. The number of carbonyl (C=O) groups excluding carboxylic acids is 1. The van der Waals surface area contributed by atoms with E-state index >= 15 is 0 Å². The molecule has 0 saturated carbocycles. The van der Waals surface area contributed by atoms with Gasteiger partial charge >= 0.3 is 6.09 Å². The average Bonchev–Trinajstić information content (AvgIpc) is 3.04. The van der Waals surface area contributed by atoms with Crippen LogP contribution in [0.15, 0.2) is 47.6 Å². The van der Waals surface area contributed by atoms with Crippen LogP contribution >= 0.6 is 0 Å². The summed E-state index contributed by atoms with van der Waals surface area (Å²) in [5, 5.41) is 4.14. The molecule has 1 fully saturated rings. The summed E-state index contributed by atoms with van der Waals surface area (Å²) in [4.78, 5) is 14.1. The van der Waals surface area contributed by atoms with E-state index in [-0.39, 0.29) is 11.4 Å². The Bertz CT molecular complexity index is 902. The van der Waals surface area contributed by atoms with Gasteiger partial charge in [-0.2, -0.15) is 9.40 Å². The van der Waals surface area contributed by atoms with E-state index in [9.17, 15) is 13.2 Å². The third-order valence-electron chi connectivity index (χ3n) is 4.35. The fourth-order valence-electron chi connectivity index (χ4n) is 2.98. The molecule has 1 aliphatic heterocycles. The van der Waals surface area contributed by atoms with Crippen molar-refractivity contribution in [2.75, 3.05) is 26.2 Å². The summed E-state index contributed by atoms with van der Waals surface area (Å²) in [7, 11) is -3.63. The first kappa shape index (κ1) is 20.3. The number of sulfonamides is 1. The number of benzene rings is 1. The fourth-order valence-corrected chi connectivity index (χ4v) is 4.45. The quantitative estimate of drug-likeness (QED) is 0.782. The van der Waals surface area contributed by atoms with Gasteiger partial charge in [0.25, 0.3) is 0 Å². The first-order valence-corrected chi connectivity index (χ1v) is 10.7. The van der Waals surface area contributed by atoms with Gasteiger partial charge in [-0.05, 0) is 57.5 Å². The molecule has 2 aromatic rings. The number of aromatic nitrogens is 2. The van der Waals surface area contributed by atoms with Crippen LogP contribution in [0.2, 0.25) is 0 Å². The van der Waals surface area contributed by atoms with Crippen molar-refractivity contribution < 1.29 is 17.9 Å². The maximum absolute atomic E-state index is 13.0. The second-order valence-electron chi connectivity index (χ2n) is 7.67. The van der Waals surface area contributed by atoms with Crippen molar-refractivity contribution in [1.82, 2.24) is 19.0 Å². The van der Waals surface area contributed by atoms with Crippen LogP contribution in [0, 0.1) is 0 Å². The topological polar surface area (TPSA) is 84.7 Å². The lowest BCUT2D eigenvalue weighted by Crippen LogP contribution is -2.40. The third kappa shape index (κ3) is 4.71. The van der Waals surface area contributed by atoms with Gasteiger partial charge in [0.2, 0.25) is 10.0 Å². The van der Waals surface area contributed by atoms with E-state index in [1.54, 1.807) is 52.3 Å². The van der Waals surface area contributed by atoms with Gasteiger partial charge in [-0.15, -0.1) is 0 Å². The summed E-state index contributed by atoms with van der Waals surface area (Å²) in [6.45, 7) is 6.81. The lowest BCUT2D eigenvalue weighted by atomic mass is 10.2. The Balaban J connectivity index is 1.69. The second-order valence-corrected chi connectivity index (χ2v) is 9.61. The van der Waals surface area contributed by atoms with Gasteiger partial charge < -0.3 is 9.64 Å². The predicted molar refractivity (Wildman–Crippen MR) is 105 cm³/mol. The van der Waals surface area contributed by atoms with Gasteiger partial charge in [-0.25, -0.2) is 17.9 Å². The standard InChI is InChI=1S/C19H26N4O4S/c1-19(2,3)27-18(24)21-11-5-12-22(15-14-21)28(25,26)17-8-6-16(7-9-17)23-13-4-10-20-23/h4,6-10,13H,5,11-12,14-15H2,1-3H3. The highest BCUT2D eigenvalue weighted by Crippen LogP contribution is 2.20. The highest BCUT2D eigenvalue weighted by atomic mass is 32.2. The van der Waals surface area contributed by atoms with Crippen molar-refractivity contribution in [1.29, 1.82) is 0 Å². The number of hydrogen-bond donors (Lipinski definition) is 0. The number of rotatable bonds is 3. The zero-order chi connectivity index (χ0) is 20.4. The van der Waals surface area contributed by atoms with Crippen LogP contribution in [0.4, 0.5) is 4.79 Å². The fraction of sp³-hybridized carbons (Fsp3) is 0.474. The maximum Gasteiger partial charge on any atom is 0.410 e. The minimum absolute atomic E-state index is 0.231. The van der Waals surface area contributed by atoms with E-state index < -0.39 is 21.7 Å². The normalized spacial score (nSPS) is 16.6. The van der Waals surface area contributed by atoms with Crippen LogP contribution in [0.3, 0.4) is 0 Å². The molecule has 1 saturated heterocycles. The Morgan fingerprint density at radius 3 is 2.39 bits per heavy atom. The molecule has 152 valence electrons. The molecule has 0 radical (unpaired) electrons. The smallest absolute Gasteiger partial charge is 0.410 e. The van der Waals surface area contributed by atoms with Crippen LogP contribution < -0.4 is 0 Å². The van der Waals surface area contributed by atoms with Crippen LogP contribution in [0.1, 0.15) is 27.2 Å². The van der Waals surface area contributed by atoms with Crippen molar-refractivity contribution in [2.24, 2.45) is 0 Å². The van der Waals surface area contributed by atoms with E-state index in [4.69, 9.17) is 4.74 Å². The molecule has 0 unspecified atom stereocenters. The molecule has 1 aromatic carbocycles. The molecule has 8 nitrogen and oxygen atoms in total. The molecule has 2 heterocycles. The molecular formula is C19H26N4O4S. The lowest BCUT2D eigenvalue weighted by molar-refractivity contribution is 0.0260. The number of amides is 1. The highest BCUT2D eigenvalue weighted by Gasteiger charge is 2.30. The zero-order valence-corrected chi connectivity index (χ0v) is 17.2. The van der Waals surface area contributed by atoms with Gasteiger partial charge in [0, 0.05) is 38.6 Å². The Kier molecular flexibility index (Phi) is 5.76. The first-order chi connectivity index (χ1) is 13.2. The molecule has 0 aliphatic carbocycles. The average molecular weight is 407 g/mol. The summed E-state index contributed by atoms with van der Waals surface area (Å²) >= 11 is 0. The largest absolute Gasteiger partial charge is 0.444 e. The highest BCUT2D eigenvalue weighted by molar-refractivity contribution is 7.89. The van der Waals surface area contributed by atoms with Gasteiger partial charge in [0.1, 0.15) is 5.60 Å². The van der Waals surface area contributed by atoms with Crippen LogP contribution in [0.25, 0.3) is 5.69 Å². The Hall–Kier alpha value is -2.39. The molecule has 0 atom stereocenters. The van der Waals surface area contributed by atoms with Crippen LogP contribution in [-0.4, -0.2) is 65.3 Å². The van der Waals surface area contributed by atoms with Crippen LogP contribution in [-0.2, 0) is 14.8 Å². The Morgan fingerprint density at radius 2 is 1.79 bits per heavy atom. The number of nitrogens with zero attached hydrogens (tertiary/aromatic N) is 4. The van der Waals surface area contributed by atoms with Crippen molar-refractivity contribution >= 4 is 16.1 Å². The van der Waals surface area contributed by atoms with Crippen molar-refractivity contribution in [2.45, 2.75) is 37.7 Å². The van der Waals surface area contributed by atoms with E-state index in [1.165, 1.54) is 4.31 Å². The lowest BCUT2D eigenvalue weighted by Gasteiger charge is -2.26. The summed E-state index contributed by atoms with van der Waals surface area (Å²) in [6, 6.07) is 8.43. The minimum atomic E-state index is -3.63. The zero-order valence-electron chi connectivity index (χ0n) is 16.4. The summed E-state index contributed by atoms with van der Waals surface area (Å²) in [6.07, 6.45) is 3.61. The number of hydrogen-bond acceptors (Lipinski definition) is 5. The molecular weight excluding hydrogens is 380 g/mol. The molecule has 0 bridgehead atoms. The minimum Gasteiger partial charge on any atom is -0.444 e. The molecule has 1 aliphatic rings. The monoisotopic (exact) mass is 406 g/mol.